The van der Waals surface area contributed by atoms with Crippen molar-refractivity contribution in [2.75, 3.05) is 21.3 Å². The highest BCUT2D eigenvalue weighted by Crippen LogP contribution is 2.44. The van der Waals surface area contributed by atoms with E-state index in [1.165, 1.54) is 4.90 Å². The molecule has 1 atom stereocenters. The minimum absolute atomic E-state index is 0.210. The lowest BCUT2D eigenvalue weighted by atomic mass is 10.0. The maximum atomic E-state index is 6.01. The Kier molecular flexibility index (Phi) is 5.61. The van der Waals surface area contributed by atoms with Crippen molar-refractivity contribution in [1.82, 2.24) is 0 Å². The quantitative estimate of drug-likeness (QED) is 0.591. The van der Waals surface area contributed by atoms with Crippen LogP contribution in [0.25, 0.3) is 6.08 Å². The summed E-state index contributed by atoms with van der Waals surface area (Å²) in [5, 5.41) is 0.210. The van der Waals surface area contributed by atoms with Crippen molar-refractivity contribution in [3.8, 4) is 23.0 Å². The molecule has 0 amide bonds. The van der Waals surface area contributed by atoms with Gasteiger partial charge in [0.2, 0.25) is 5.75 Å². The van der Waals surface area contributed by atoms with Crippen molar-refractivity contribution in [2.45, 2.75) is 36.5 Å². The lowest BCUT2D eigenvalue weighted by molar-refractivity contribution is 0.159. The third kappa shape index (κ3) is 4.19. The molecule has 27 heavy (non-hydrogen) atoms. The number of methoxy groups -OCH3 is 3. The summed E-state index contributed by atoms with van der Waals surface area (Å²) in [6.07, 6.45) is 4.22. The standard InChI is InChI=1S/C22H26O4S/c1-14(16-12-19(23-4)21(25-6)20(13-16)24-5)27-17-7-8-18-15(11-17)9-10-22(2,3)26-18/h7-14H,1-6H3. The Morgan fingerprint density at radius 1 is 0.963 bits per heavy atom. The summed E-state index contributed by atoms with van der Waals surface area (Å²) in [7, 11) is 4.88. The highest BCUT2D eigenvalue weighted by molar-refractivity contribution is 7.99. The van der Waals surface area contributed by atoms with Crippen molar-refractivity contribution in [3.05, 3.63) is 47.5 Å². The molecule has 0 fully saturated rings. The van der Waals surface area contributed by atoms with Crippen LogP contribution in [0.3, 0.4) is 0 Å². The SMILES string of the molecule is COc1cc(C(C)Sc2ccc3c(c2)C=CC(C)(C)O3)cc(OC)c1OC. The van der Waals surface area contributed by atoms with Gasteiger partial charge in [-0.2, -0.15) is 0 Å². The van der Waals surface area contributed by atoms with Crippen LogP contribution in [0.1, 0.15) is 37.1 Å². The largest absolute Gasteiger partial charge is 0.493 e. The minimum atomic E-state index is -0.259. The Balaban J connectivity index is 1.85. The summed E-state index contributed by atoms with van der Waals surface area (Å²) < 4.78 is 22.4. The number of fused-ring (bicyclic) bond motifs is 1. The second-order valence-electron chi connectivity index (χ2n) is 6.96. The molecule has 1 aliphatic heterocycles. The fourth-order valence-corrected chi connectivity index (χ4v) is 4.06. The van der Waals surface area contributed by atoms with Gasteiger partial charge in [-0.1, -0.05) is 6.08 Å². The molecule has 0 radical (unpaired) electrons. The van der Waals surface area contributed by atoms with Crippen molar-refractivity contribution in [3.63, 3.8) is 0 Å². The summed E-state index contributed by atoms with van der Waals surface area (Å²) in [6, 6.07) is 10.3. The van der Waals surface area contributed by atoms with Crippen molar-refractivity contribution < 1.29 is 18.9 Å². The van der Waals surface area contributed by atoms with Crippen LogP contribution in [0.2, 0.25) is 0 Å². The molecule has 4 nitrogen and oxygen atoms in total. The van der Waals surface area contributed by atoms with Gasteiger partial charge in [0.15, 0.2) is 11.5 Å². The second kappa shape index (κ2) is 7.77. The van der Waals surface area contributed by atoms with E-state index in [9.17, 15) is 0 Å². The van der Waals surface area contributed by atoms with E-state index in [-0.39, 0.29) is 10.9 Å². The monoisotopic (exact) mass is 386 g/mol. The maximum Gasteiger partial charge on any atom is 0.203 e. The van der Waals surface area contributed by atoms with Crippen LogP contribution in [-0.2, 0) is 0 Å². The average Bonchev–Trinajstić information content (AvgIpc) is 2.66. The second-order valence-corrected chi connectivity index (χ2v) is 8.37. The molecule has 1 unspecified atom stereocenters. The molecule has 5 heteroatoms. The molecule has 1 aliphatic rings. The highest BCUT2D eigenvalue weighted by atomic mass is 32.2. The van der Waals surface area contributed by atoms with E-state index in [1.54, 1.807) is 33.1 Å². The van der Waals surface area contributed by atoms with E-state index in [1.807, 2.05) is 18.2 Å². The summed E-state index contributed by atoms with van der Waals surface area (Å²) >= 11 is 1.78. The van der Waals surface area contributed by atoms with Crippen molar-refractivity contribution in [1.29, 1.82) is 0 Å². The molecule has 0 saturated carbocycles. The lowest BCUT2D eigenvalue weighted by Gasteiger charge is -2.28. The van der Waals surface area contributed by atoms with Crippen LogP contribution < -0.4 is 18.9 Å². The van der Waals surface area contributed by atoms with Gasteiger partial charge < -0.3 is 18.9 Å². The molecular weight excluding hydrogens is 360 g/mol. The number of hydrogen-bond acceptors (Lipinski definition) is 5. The molecule has 1 heterocycles. The van der Waals surface area contributed by atoms with Crippen LogP contribution in [0.15, 0.2) is 41.3 Å². The number of benzene rings is 2. The van der Waals surface area contributed by atoms with Crippen LogP contribution in [0.4, 0.5) is 0 Å². The smallest absolute Gasteiger partial charge is 0.203 e. The molecule has 3 rings (SSSR count). The van der Waals surface area contributed by atoms with Gasteiger partial charge in [0.25, 0.3) is 0 Å². The Hall–Kier alpha value is -2.27. The van der Waals surface area contributed by atoms with Gasteiger partial charge in [-0.15, -0.1) is 11.8 Å². The Bertz CT molecular complexity index is 832. The zero-order chi connectivity index (χ0) is 19.6. The predicted octanol–water partition coefficient (Wildman–Crippen LogP) is 5.75. The third-order valence-corrected chi connectivity index (χ3v) is 5.64. The molecule has 2 aromatic carbocycles. The predicted molar refractivity (Wildman–Crippen MR) is 111 cm³/mol. The zero-order valence-corrected chi connectivity index (χ0v) is 17.5. The van der Waals surface area contributed by atoms with Gasteiger partial charge in [-0.05, 0) is 62.7 Å². The Morgan fingerprint density at radius 3 is 2.22 bits per heavy atom. The molecule has 0 aliphatic carbocycles. The molecule has 2 aromatic rings. The molecule has 0 spiro atoms. The molecular formula is C22H26O4S. The first-order chi connectivity index (χ1) is 12.9. The van der Waals surface area contributed by atoms with E-state index in [4.69, 9.17) is 18.9 Å². The number of hydrogen-bond donors (Lipinski definition) is 0. The molecule has 144 valence electrons. The van der Waals surface area contributed by atoms with Crippen LogP contribution >= 0.6 is 11.8 Å². The van der Waals surface area contributed by atoms with Gasteiger partial charge in [0, 0.05) is 15.7 Å². The van der Waals surface area contributed by atoms with Gasteiger partial charge >= 0.3 is 0 Å². The fourth-order valence-electron chi connectivity index (χ4n) is 3.04. The molecule has 0 saturated heterocycles. The van der Waals surface area contributed by atoms with Crippen molar-refractivity contribution >= 4 is 17.8 Å². The summed E-state index contributed by atoms with van der Waals surface area (Å²) in [4.78, 5) is 1.18. The number of thioether (sulfide) groups is 1. The summed E-state index contributed by atoms with van der Waals surface area (Å²) in [5.41, 5.74) is 1.96. The fraction of sp³-hybridized carbons (Fsp3) is 0.364. The van der Waals surface area contributed by atoms with E-state index < -0.39 is 0 Å². The molecule has 0 bridgehead atoms. The van der Waals surface area contributed by atoms with E-state index in [0.717, 1.165) is 16.9 Å². The number of rotatable bonds is 6. The van der Waals surface area contributed by atoms with Gasteiger partial charge in [0.05, 0.1) is 21.3 Å². The van der Waals surface area contributed by atoms with Gasteiger partial charge in [0.1, 0.15) is 11.4 Å². The van der Waals surface area contributed by atoms with E-state index in [2.05, 4.69) is 45.1 Å². The van der Waals surface area contributed by atoms with E-state index in [0.29, 0.717) is 17.2 Å². The molecule has 0 N–H and O–H groups in total. The van der Waals surface area contributed by atoms with Crippen molar-refractivity contribution in [2.24, 2.45) is 0 Å². The lowest BCUT2D eigenvalue weighted by Crippen LogP contribution is -2.27. The first-order valence-electron chi connectivity index (χ1n) is 8.85. The highest BCUT2D eigenvalue weighted by Gasteiger charge is 2.22. The van der Waals surface area contributed by atoms with Crippen LogP contribution in [-0.4, -0.2) is 26.9 Å². The van der Waals surface area contributed by atoms with E-state index >= 15 is 0 Å². The first-order valence-corrected chi connectivity index (χ1v) is 9.73. The molecule has 0 aromatic heterocycles. The Labute approximate surface area is 165 Å². The maximum absolute atomic E-state index is 6.01. The van der Waals surface area contributed by atoms with Crippen LogP contribution in [0.5, 0.6) is 23.0 Å². The topological polar surface area (TPSA) is 36.9 Å². The zero-order valence-electron chi connectivity index (χ0n) is 16.7. The van der Waals surface area contributed by atoms with Crippen LogP contribution in [0, 0.1) is 0 Å². The van der Waals surface area contributed by atoms with Gasteiger partial charge in [-0.3, -0.25) is 0 Å². The third-order valence-electron chi connectivity index (χ3n) is 4.49. The summed E-state index contributed by atoms with van der Waals surface area (Å²) in [6.45, 7) is 6.28. The Morgan fingerprint density at radius 2 is 1.63 bits per heavy atom. The average molecular weight is 387 g/mol. The summed E-state index contributed by atoms with van der Waals surface area (Å²) in [5.74, 6) is 2.87. The first kappa shape index (κ1) is 19.5. The van der Waals surface area contributed by atoms with Gasteiger partial charge in [-0.25, -0.2) is 0 Å². The number of ether oxygens (including phenoxy) is 4. The minimum Gasteiger partial charge on any atom is -0.493 e. The normalized spacial score (nSPS) is 15.5.